The zero-order chi connectivity index (χ0) is 16.2. The van der Waals surface area contributed by atoms with Crippen LogP contribution in [0.15, 0.2) is 0 Å². The zero-order valence-electron chi connectivity index (χ0n) is 13.9. The maximum Gasteiger partial charge on any atom is 0.315 e. The molecule has 1 aliphatic carbocycles. The molecule has 3 N–H and O–H groups in total. The van der Waals surface area contributed by atoms with E-state index < -0.39 is 5.97 Å². The van der Waals surface area contributed by atoms with Crippen molar-refractivity contribution < 1.29 is 14.7 Å². The van der Waals surface area contributed by atoms with Crippen molar-refractivity contribution in [3.05, 3.63) is 0 Å². The lowest BCUT2D eigenvalue weighted by Gasteiger charge is -2.34. The SMILES string of the molecule is CC1CC(C)CC(NC(=O)NC(CC(=O)O)C(C)(C)C)C1. The van der Waals surface area contributed by atoms with Gasteiger partial charge >= 0.3 is 12.0 Å². The maximum absolute atomic E-state index is 12.1. The van der Waals surface area contributed by atoms with Crippen LogP contribution in [0, 0.1) is 17.3 Å². The van der Waals surface area contributed by atoms with Crippen molar-refractivity contribution in [2.45, 2.75) is 72.4 Å². The van der Waals surface area contributed by atoms with Crippen LogP contribution in [0.2, 0.25) is 0 Å². The van der Waals surface area contributed by atoms with Gasteiger partial charge in [-0.15, -0.1) is 0 Å². The number of hydrogen-bond acceptors (Lipinski definition) is 2. The summed E-state index contributed by atoms with van der Waals surface area (Å²) < 4.78 is 0. The van der Waals surface area contributed by atoms with E-state index in [9.17, 15) is 9.59 Å². The normalized spacial score (nSPS) is 27.8. The molecular formula is C16H30N2O3. The molecular weight excluding hydrogens is 268 g/mol. The number of carboxylic acids is 1. The summed E-state index contributed by atoms with van der Waals surface area (Å²) in [5.74, 6) is 0.350. The van der Waals surface area contributed by atoms with Crippen LogP contribution in [-0.4, -0.2) is 29.2 Å². The predicted octanol–water partition coefficient (Wildman–Crippen LogP) is 3.00. The van der Waals surface area contributed by atoms with Crippen molar-refractivity contribution in [2.24, 2.45) is 17.3 Å². The summed E-state index contributed by atoms with van der Waals surface area (Å²) in [4.78, 5) is 23.1. The Kier molecular flexibility index (Phi) is 6.05. The average Bonchev–Trinajstić information content (AvgIpc) is 2.24. The molecule has 5 heteroatoms. The van der Waals surface area contributed by atoms with E-state index in [0.717, 1.165) is 12.8 Å². The molecule has 1 saturated carbocycles. The lowest BCUT2D eigenvalue weighted by molar-refractivity contribution is -0.138. The molecule has 2 amide bonds. The first-order valence-corrected chi connectivity index (χ1v) is 7.86. The minimum atomic E-state index is -0.893. The molecule has 0 aromatic heterocycles. The van der Waals surface area contributed by atoms with E-state index in [1.807, 2.05) is 20.8 Å². The molecule has 0 aromatic carbocycles. The summed E-state index contributed by atoms with van der Waals surface area (Å²) in [6.07, 6.45) is 3.14. The summed E-state index contributed by atoms with van der Waals surface area (Å²) in [6.45, 7) is 10.2. The molecule has 5 nitrogen and oxygen atoms in total. The Bertz CT molecular complexity index is 366. The van der Waals surface area contributed by atoms with Crippen molar-refractivity contribution in [3.63, 3.8) is 0 Å². The standard InChI is InChI=1S/C16H30N2O3/c1-10-6-11(2)8-12(7-10)17-15(21)18-13(9-14(19)20)16(3,4)5/h10-13H,6-9H2,1-5H3,(H,19,20)(H2,17,18,21). The van der Waals surface area contributed by atoms with E-state index in [1.165, 1.54) is 6.42 Å². The minimum absolute atomic E-state index is 0.0611. The summed E-state index contributed by atoms with van der Waals surface area (Å²) >= 11 is 0. The van der Waals surface area contributed by atoms with Gasteiger partial charge in [-0.25, -0.2) is 4.79 Å². The summed E-state index contributed by atoms with van der Waals surface area (Å²) in [7, 11) is 0. The third-order valence-corrected chi connectivity index (χ3v) is 4.24. The third kappa shape index (κ3) is 6.36. The molecule has 0 radical (unpaired) electrons. The van der Waals surface area contributed by atoms with Crippen molar-refractivity contribution in [3.8, 4) is 0 Å². The van der Waals surface area contributed by atoms with E-state index in [-0.39, 0.29) is 30.0 Å². The van der Waals surface area contributed by atoms with Crippen LogP contribution in [0.5, 0.6) is 0 Å². The quantitative estimate of drug-likeness (QED) is 0.746. The number of carbonyl (C=O) groups excluding carboxylic acids is 1. The fourth-order valence-corrected chi connectivity index (χ4v) is 3.20. The highest BCUT2D eigenvalue weighted by Crippen LogP contribution is 2.28. The Morgan fingerprint density at radius 2 is 1.67 bits per heavy atom. The first-order chi connectivity index (χ1) is 9.57. The Labute approximate surface area is 127 Å². The monoisotopic (exact) mass is 298 g/mol. The van der Waals surface area contributed by atoms with E-state index in [0.29, 0.717) is 11.8 Å². The van der Waals surface area contributed by atoms with Gasteiger partial charge in [0.15, 0.2) is 0 Å². The molecule has 21 heavy (non-hydrogen) atoms. The van der Waals surface area contributed by atoms with Crippen molar-refractivity contribution >= 4 is 12.0 Å². The summed E-state index contributed by atoms with van der Waals surface area (Å²) in [5, 5.41) is 14.8. The average molecular weight is 298 g/mol. The van der Waals surface area contributed by atoms with Crippen LogP contribution in [0.1, 0.15) is 60.3 Å². The Morgan fingerprint density at radius 1 is 1.14 bits per heavy atom. The van der Waals surface area contributed by atoms with Gasteiger partial charge in [-0.1, -0.05) is 34.6 Å². The Hall–Kier alpha value is -1.26. The van der Waals surface area contributed by atoms with Crippen LogP contribution < -0.4 is 10.6 Å². The topological polar surface area (TPSA) is 78.4 Å². The van der Waals surface area contributed by atoms with E-state index >= 15 is 0 Å². The highest BCUT2D eigenvalue weighted by atomic mass is 16.4. The Balaban J connectivity index is 2.55. The number of carboxylic acid groups (broad SMARTS) is 1. The van der Waals surface area contributed by atoms with Crippen molar-refractivity contribution in [1.82, 2.24) is 10.6 Å². The van der Waals surface area contributed by atoms with Crippen LogP contribution in [0.25, 0.3) is 0 Å². The van der Waals surface area contributed by atoms with Gasteiger partial charge in [0.05, 0.1) is 6.42 Å². The molecule has 0 aliphatic heterocycles. The Morgan fingerprint density at radius 3 is 2.10 bits per heavy atom. The zero-order valence-corrected chi connectivity index (χ0v) is 13.9. The maximum atomic E-state index is 12.1. The van der Waals surface area contributed by atoms with Gasteiger partial charge in [-0.3, -0.25) is 4.79 Å². The van der Waals surface area contributed by atoms with Gasteiger partial charge in [0.25, 0.3) is 0 Å². The number of aliphatic carboxylic acids is 1. The van der Waals surface area contributed by atoms with Crippen LogP contribution in [0.3, 0.4) is 0 Å². The molecule has 1 aliphatic rings. The number of amides is 2. The van der Waals surface area contributed by atoms with Gasteiger partial charge < -0.3 is 15.7 Å². The fraction of sp³-hybridized carbons (Fsp3) is 0.875. The molecule has 0 heterocycles. The molecule has 1 fully saturated rings. The summed E-state index contributed by atoms with van der Waals surface area (Å²) in [6, 6.07) is -0.440. The molecule has 0 bridgehead atoms. The second kappa shape index (κ2) is 7.14. The molecule has 122 valence electrons. The second-order valence-electron chi connectivity index (χ2n) is 7.75. The number of hydrogen-bond donors (Lipinski definition) is 3. The minimum Gasteiger partial charge on any atom is -0.481 e. The number of nitrogens with one attached hydrogen (secondary N) is 2. The van der Waals surface area contributed by atoms with Crippen LogP contribution in [0.4, 0.5) is 4.79 Å². The number of rotatable bonds is 4. The smallest absolute Gasteiger partial charge is 0.315 e. The van der Waals surface area contributed by atoms with E-state index in [2.05, 4.69) is 24.5 Å². The highest BCUT2D eigenvalue weighted by molar-refractivity contribution is 5.76. The van der Waals surface area contributed by atoms with Gasteiger partial charge in [-0.05, 0) is 36.5 Å². The van der Waals surface area contributed by atoms with Gasteiger partial charge in [-0.2, -0.15) is 0 Å². The van der Waals surface area contributed by atoms with Gasteiger partial charge in [0.2, 0.25) is 0 Å². The molecule has 1 rings (SSSR count). The third-order valence-electron chi connectivity index (χ3n) is 4.24. The predicted molar refractivity (Wildman–Crippen MR) is 83.1 cm³/mol. The van der Waals surface area contributed by atoms with Gasteiger partial charge in [0, 0.05) is 12.1 Å². The molecule has 3 atom stereocenters. The van der Waals surface area contributed by atoms with Gasteiger partial charge in [0.1, 0.15) is 0 Å². The molecule has 0 aromatic rings. The molecule has 0 saturated heterocycles. The van der Waals surface area contributed by atoms with E-state index in [1.54, 1.807) is 0 Å². The second-order valence-corrected chi connectivity index (χ2v) is 7.75. The fourth-order valence-electron chi connectivity index (χ4n) is 3.20. The van der Waals surface area contributed by atoms with Crippen molar-refractivity contribution in [2.75, 3.05) is 0 Å². The molecule has 3 unspecified atom stereocenters. The van der Waals surface area contributed by atoms with E-state index in [4.69, 9.17) is 5.11 Å². The lowest BCUT2D eigenvalue weighted by Crippen LogP contribution is -2.52. The van der Waals surface area contributed by atoms with Crippen LogP contribution in [-0.2, 0) is 4.79 Å². The number of urea groups is 1. The number of carbonyl (C=O) groups is 2. The highest BCUT2D eigenvalue weighted by Gasteiger charge is 2.30. The first kappa shape index (κ1) is 17.8. The van der Waals surface area contributed by atoms with Crippen LogP contribution >= 0.6 is 0 Å². The summed E-state index contributed by atoms with van der Waals surface area (Å²) in [5.41, 5.74) is -0.289. The van der Waals surface area contributed by atoms with Crippen molar-refractivity contribution in [1.29, 1.82) is 0 Å². The first-order valence-electron chi connectivity index (χ1n) is 7.86. The molecule has 0 spiro atoms. The lowest BCUT2D eigenvalue weighted by atomic mass is 9.80. The largest absolute Gasteiger partial charge is 0.481 e.